The van der Waals surface area contributed by atoms with E-state index >= 15 is 0 Å². The first-order valence-corrected chi connectivity index (χ1v) is 5.50. The molecule has 15 heavy (non-hydrogen) atoms. The number of methoxy groups -OCH3 is 1. The zero-order valence-corrected chi connectivity index (χ0v) is 9.79. The second-order valence-corrected chi connectivity index (χ2v) is 3.95. The Morgan fingerprint density at radius 1 is 1.33 bits per heavy atom. The molecule has 1 unspecified atom stereocenters. The first-order chi connectivity index (χ1) is 7.21. The SMILES string of the molecule is CCCc1cc(OC)cc(C(C)CO)c1. The molecule has 0 aromatic heterocycles. The Hall–Kier alpha value is -1.02. The Bertz CT molecular complexity index is 307. The van der Waals surface area contributed by atoms with Crippen LogP contribution in [0.4, 0.5) is 0 Å². The molecule has 0 bridgehead atoms. The zero-order valence-electron chi connectivity index (χ0n) is 9.79. The molecule has 0 fully saturated rings. The lowest BCUT2D eigenvalue weighted by molar-refractivity contribution is 0.272. The minimum Gasteiger partial charge on any atom is -0.497 e. The fraction of sp³-hybridized carbons (Fsp3) is 0.538. The Balaban J connectivity index is 2.99. The van der Waals surface area contributed by atoms with Gasteiger partial charge in [-0.2, -0.15) is 0 Å². The summed E-state index contributed by atoms with van der Waals surface area (Å²) in [5.74, 6) is 1.06. The summed E-state index contributed by atoms with van der Waals surface area (Å²) in [5, 5.41) is 9.13. The van der Waals surface area contributed by atoms with E-state index in [0.29, 0.717) is 0 Å². The van der Waals surface area contributed by atoms with Crippen molar-refractivity contribution in [2.24, 2.45) is 0 Å². The van der Waals surface area contributed by atoms with Crippen LogP contribution in [0.15, 0.2) is 18.2 Å². The van der Waals surface area contributed by atoms with Gasteiger partial charge in [-0.15, -0.1) is 0 Å². The molecular weight excluding hydrogens is 188 g/mol. The Kier molecular flexibility index (Phi) is 4.63. The lowest BCUT2D eigenvalue weighted by Gasteiger charge is -2.12. The number of hydrogen-bond donors (Lipinski definition) is 1. The van der Waals surface area contributed by atoms with E-state index in [9.17, 15) is 0 Å². The van der Waals surface area contributed by atoms with Gasteiger partial charge in [0, 0.05) is 12.5 Å². The Morgan fingerprint density at radius 2 is 2.07 bits per heavy atom. The van der Waals surface area contributed by atoms with E-state index < -0.39 is 0 Å². The molecule has 0 saturated heterocycles. The molecule has 0 aliphatic carbocycles. The number of aryl methyl sites for hydroxylation is 1. The molecule has 2 heteroatoms. The van der Waals surface area contributed by atoms with Crippen LogP contribution in [0, 0.1) is 0 Å². The third-order valence-corrected chi connectivity index (χ3v) is 2.61. The van der Waals surface area contributed by atoms with Crippen LogP contribution in [0.25, 0.3) is 0 Å². The third-order valence-electron chi connectivity index (χ3n) is 2.61. The number of aliphatic hydroxyl groups is 1. The molecule has 0 spiro atoms. The minimum atomic E-state index is 0.177. The van der Waals surface area contributed by atoms with E-state index in [0.717, 1.165) is 24.2 Å². The van der Waals surface area contributed by atoms with Crippen LogP contribution < -0.4 is 4.74 Å². The van der Waals surface area contributed by atoms with Gasteiger partial charge in [0.15, 0.2) is 0 Å². The summed E-state index contributed by atoms with van der Waals surface area (Å²) in [7, 11) is 1.68. The van der Waals surface area contributed by atoms with Crippen LogP contribution in [0.5, 0.6) is 5.75 Å². The lowest BCUT2D eigenvalue weighted by atomic mass is 9.98. The number of benzene rings is 1. The maximum atomic E-state index is 9.13. The first kappa shape index (κ1) is 12.1. The maximum absolute atomic E-state index is 9.13. The van der Waals surface area contributed by atoms with Crippen molar-refractivity contribution in [1.29, 1.82) is 0 Å². The average molecular weight is 208 g/mol. The van der Waals surface area contributed by atoms with E-state index in [4.69, 9.17) is 9.84 Å². The average Bonchev–Trinajstić information content (AvgIpc) is 2.28. The van der Waals surface area contributed by atoms with E-state index in [1.807, 2.05) is 13.0 Å². The number of aliphatic hydroxyl groups excluding tert-OH is 1. The fourth-order valence-corrected chi connectivity index (χ4v) is 1.63. The number of ether oxygens (including phenoxy) is 1. The molecule has 0 heterocycles. The van der Waals surface area contributed by atoms with Gasteiger partial charge in [0.05, 0.1) is 7.11 Å². The van der Waals surface area contributed by atoms with E-state index in [1.54, 1.807) is 7.11 Å². The summed E-state index contributed by atoms with van der Waals surface area (Å²) in [6.07, 6.45) is 2.18. The normalized spacial score (nSPS) is 12.5. The van der Waals surface area contributed by atoms with E-state index in [-0.39, 0.29) is 12.5 Å². The molecule has 1 aromatic carbocycles. The Morgan fingerprint density at radius 3 is 2.60 bits per heavy atom. The topological polar surface area (TPSA) is 29.5 Å². The highest BCUT2D eigenvalue weighted by molar-refractivity contribution is 5.36. The van der Waals surface area contributed by atoms with E-state index in [2.05, 4.69) is 19.1 Å². The predicted octanol–water partition coefficient (Wildman–Crippen LogP) is 2.74. The standard InChI is InChI=1S/C13H20O2/c1-4-5-11-6-12(10(2)9-14)8-13(7-11)15-3/h6-8,10,14H,4-5,9H2,1-3H3. The van der Waals surface area contributed by atoms with Gasteiger partial charge >= 0.3 is 0 Å². The largest absolute Gasteiger partial charge is 0.497 e. The van der Waals surface area contributed by atoms with Crippen molar-refractivity contribution in [3.8, 4) is 5.75 Å². The Labute approximate surface area is 91.9 Å². The van der Waals surface area contributed by atoms with Crippen LogP contribution in [0.3, 0.4) is 0 Å². The van der Waals surface area contributed by atoms with Crippen molar-refractivity contribution in [3.63, 3.8) is 0 Å². The molecule has 0 saturated carbocycles. The van der Waals surface area contributed by atoms with Crippen LogP contribution in [-0.2, 0) is 6.42 Å². The van der Waals surface area contributed by atoms with Crippen LogP contribution in [0.2, 0.25) is 0 Å². The van der Waals surface area contributed by atoms with Crippen molar-refractivity contribution in [2.75, 3.05) is 13.7 Å². The van der Waals surface area contributed by atoms with Gasteiger partial charge in [-0.25, -0.2) is 0 Å². The molecule has 2 nitrogen and oxygen atoms in total. The molecule has 1 rings (SSSR count). The second kappa shape index (κ2) is 5.76. The van der Waals surface area contributed by atoms with Gasteiger partial charge < -0.3 is 9.84 Å². The molecule has 0 amide bonds. The molecule has 84 valence electrons. The molecule has 1 N–H and O–H groups in total. The molecule has 0 radical (unpaired) electrons. The maximum Gasteiger partial charge on any atom is 0.119 e. The van der Waals surface area contributed by atoms with Crippen LogP contribution in [-0.4, -0.2) is 18.8 Å². The summed E-state index contributed by atoms with van der Waals surface area (Å²) in [5.41, 5.74) is 2.44. The molecule has 1 aromatic rings. The van der Waals surface area contributed by atoms with Gasteiger partial charge in [0.2, 0.25) is 0 Å². The highest BCUT2D eigenvalue weighted by Gasteiger charge is 2.07. The number of hydrogen-bond acceptors (Lipinski definition) is 2. The third kappa shape index (κ3) is 3.24. The second-order valence-electron chi connectivity index (χ2n) is 3.95. The predicted molar refractivity (Wildman–Crippen MR) is 62.5 cm³/mol. The summed E-state index contributed by atoms with van der Waals surface area (Å²) in [6.45, 7) is 4.36. The highest BCUT2D eigenvalue weighted by Crippen LogP contribution is 2.23. The van der Waals surface area contributed by atoms with Gasteiger partial charge in [-0.1, -0.05) is 26.3 Å². The molecule has 0 aliphatic heterocycles. The van der Waals surface area contributed by atoms with Crippen molar-refractivity contribution >= 4 is 0 Å². The van der Waals surface area contributed by atoms with Crippen molar-refractivity contribution < 1.29 is 9.84 Å². The summed E-state index contributed by atoms with van der Waals surface area (Å²) >= 11 is 0. The van der Waals surface area contributed by atoms with Crippen molar-refractivity contribution in [3.05, 3.63) is 29.3 Å². The van der Waals surface area contributed by atoms with Gasteiger partial charge in [0.25, 0.3) is 0 Å². The highest BCUT2D eigenvalue weighted by atomic mass is 16.5. The fourth-order valence-electron chi connectivity index (χ4n) is 1.63. The summed E-state index contributed by atoms with van der Waals surface area (Å²) < 4.78 is 5.25. The van der Waals surface area contributed by atoms with Crippen molar-refractivity contribution in [2.45, 2.75) is 32.6 Å². The monoisotopic (exact) mass is 208 g/mol. The summed E-state index contributed by atoms with van der Waals surface area (Å²) in [6, 6.07) is 6.23. The van der Waals surface area contributed by atoms with Crippen LogP contribution >= 0.6 is 0 Å². The smallest absolute Gasteiger partial charge is 0.119 e. The van der Waals surface area contributed by atoms with E-state index in [1.165, 1.54) is 5.56 Å². The van der Waals surface area contributed by atoms with Gasteiger partial charge in [0.1, 0.15) is 5.75 Å². The molecule has 0 aliphatic rings. The quantitative estimate of drug-likeness (QED) is 0.806. The first-order valence-electron chi connectivity index (χ1n) is 5.50. The van der Waals surface area contributed by atoms with Crippen molar-refractivity contribution in [1.82, 2.24) is 0 Å². The molecular formula is C13H20O2. The minimum absolute atomic E-state index is 0.177. The lowest BCUT2D eigenvalue weighted by Crippen LogP contribution is -2.00. The zero-order chi connectivity index (χ0) is 11.3. The van der Waals surface area contributed by atoms with Gasteiger partial charge in [-0.3, -0.25) is 0 Å². The van der Waals surface area contributed by atoms with Crippen LogP contribution in [0.1, 0.15) is 37.3 Å². The summed E-state index contributed by atoms with van der Waals surface area (Å²) in [4.78, 5) is 0. The number of rotatable bonds is 5. The van der Waals surface area contributed by atoms with Gasteiger partial charge in [-0.05, 0) is 29.7 Å². The molecule has 1 atom stereocenters.